The monoisotopic (exact) mass is 454 g/mol. The molecule has 0 heterocycles. The molecule has 1 unspecified atom stereocenters. The number of ether oxygens (including phenoxy) is 2. The second-order valence-electron chi connectivity index (χ2n) is 4.03. The average molecular weight is 454 g/mol. The van der Waals surface area contributed by atoms with Crippen LogP contribution in [0, 0.1) is 3.57 Å². The third-order valence-electron chi connectivity index (χ3n) is 2.36. The van der Waals surface area contributed by atoms with Gasteiger partial charge < -0.3 is 9.47 Å². The van der Waals surface area contributed by atoms with Crippen LogP contribution in [0.5, 0.6) is 5.75 Å². The maximum Gasteiger partial charge on any atom is 0.426 e. The Bertz CT molecular complexity index is 658. The van der Waals surface area contributed by atoms with E-state index in [4.69, 9.17) is 9.29 Å². The summed E-state index contributed by atoms with van der Waals surface area (Å²) in [5.41, 5.74) is -0.248. The molecule has 0 bridgehead atoms. The molecule has 1 rings (SSSR count). The Morgan fingerprint density at radius 1 is 1.41 bits per heavy atom. The van der Waals surface area contributed by atoms with E-state index in [2.05, 4.69) is 4.74 Å². The van der Waals surface area contributed by atoms with Crippen molar-refractivity contribution < 1.29 is 40.4 Å². The SMILES string of the molecule is COc1cc(C(=O)OC(CS(=O)(=O)O)C(F)(F)F)ccc1I. The molecule has 0 amide bonds. The van der Waals surface area contributed by atoms with Gasteiger partial charge in [-0.25, -0.2) is 4.79 Å². The van der Waals surface area contributed by atoms with Gasteiger partial charge in [0.25, 0.3) is 10.1 Å². The zero-order valence-corrected chi connectivity index (χ0v) is 13.9. The second-order valence-corrected chi connectivity index (χ2v) is 6.69. The molecular weight excluding hydrogens is 444 g/mol. The van der Waals surface area contributed by atoms with Gasteiger partial charge in [0, 0.05) is 0 Å². The Hall–Kier alpha value is -1.08. The summed E-state index contributed by atoms with van der Waals surface area (Å²) in [4.78, 5) is 11.7. The van der Waals surface area contributed by atoms with Crippen LogP contribution in [0.2, 0.25) is 0 Å². The molecule has 1 atom stereocenters. The minimum atomic E-state index is -5.14. The topological polar surface area (TPSA) is 89.9 Å². The second kappa shape index (κ2) is 7.00. The van der Waals surface area contributed by atoms with Crippen LogP contribution in [0.4, 0.5) is 13.2 Å². The van der Waals surface area contributed by atoms with Crippen LogP contribution >= 0.6 is 22.6 Å². The summed E-state index contributed by atoms with van der Waals surface area (Å²) < 4.78 is 77.4. The molecule has 0 radical (unpaired) electrons. The number of carbonyl (C=O) groups is 1. The quantitative estimate of drug-likeness (QED) is 0.417. The van der Waals surface area contributed by atoms with E-state index < -0.39 is 34.1 Å². The number of alkyl halides is 3. The summed E-state index contributed by atoms with van der Waals surface area (Å²) in [6.45, 7) is 0. The van der Waals surface area contributed by atoms with Crippen molar-refractivity contribution in [3.8, 4) is 5.75 Å². The molecule has 22 heavy (non-hydrogen) atoms. The minimum Gasteiger partial charge on any atom is -0.496 e. The highest BCUT2D eigenvalue weighted by Crippen LogP contribution is 2.27. The molecule has 0 aliphatic heterocycles. The lowest BCUT2D eigenvalue weighted by Crippen LogP contribution is -2.39. The fourth-order valence-electron chi connectivity index (χ4n) is 1.37. The van der Waals surface area contributed by atoms with Gasteiger partial charge in [-0.05, 0) is 40.8 Å². The van der Waals surface area contributed by atoms with Crippen molar-refractivity contribution in [3.63, 3.8) is 0 Å². The molecular formula is C11H10F3IO6S. The Kier molecular flexibility index (Phi) is 6.03. The van der Waals surface area contributed by atoms with Crippen molar-refractivity contribution in [3.05, 3.63) is 27.3 Å². The van der Waals surface area contributed by atoms with Gasteiger partial charge in [-0.3, -0.25) is 4.55 Å². The maximum atomic E-state index is 12.7. The van der Waals surface area contributed by atoms with E-state index in [-0.39, 0.29) is 11.3 Å². The number of rotatable bonds is 5. The van der Waals surface area contributed by atoms with Crippen molar-refractivity contribution >= 4 is 38.7 Å². The van der Waals surface area contributed by atoms with Gasteiger partial charge >= 0.3 is 12.1 Å². The third-order valence-corrected chi connectivity index (χ3v) is 3.98. The van der Waals surface area contributed by atoms with Crippen molar-refractivity contribution in [2.24, 2.45) is 0 Å². The van der Waals surface area contributed by atoms with Crippen LogP contribution in [-0.2, 0) is 14.9 Å². The molecule has 1 N–H and O–H groups in total. The number of hydrogen-bond acceptors (Lipinski definition) is 5. The predicted molar refractivity (Wildman–Crippen MR) is 77.4 cm³/mol. The number of esters is 1. The summed E-state index contributed by atoms with van der Waals surface area (Å²) in [5, 5.41) is 0. The van der Waals surface area contributed by atoms with Crippen molar-refractivity contribution in [1.29, 1.82) is 0 Å². The molecule has 0 spiro atoms. The van der Waals surface area contributed by atoms with Gasteiger partial charge in [0.1, 0.15) is 11.5 Å². The first kappa shape index (κ1) is 19.0. The molecule has 0 aliphatic rings. The van der Waals surface area contributed by atoms with E-state index in [9.17, 15) is 26.4 Å². The molecule has 124 valence electrons. The number of hydrogen-bond donors (Lipinski definition) is 1. The zero-order valence-electron chi connectivity index (χ0n) is 10.9. The molecule has 0 saturated carbocycles. The van der Waals surface area contributed by atoms with Crippen LogP contribution in [-0.4, -0.2) is 44.1 Å². The van der Waals surface area contributed by atoms with Gasteiger partial charge in [-0.1, -0.05) is 0 Å². The highest BCUT2D eigenvalue weighted by Gasteiger charge is 2.45. The van der Waals surface area contributed by atoms with Crippen LogP contribution in [0.15, 0.2) is 18.2 Å². The van der Waals surface area contributed by atoms with E-state index in [1.54, 1.807) is 0 Å². The lowest BCUT2D eigenvalue weighted by atomic mass is 10.2. The zero-order chi connectivity index (χ0) is 17.1. The smallest absolute Gasteiger partial charge is 0.426 e. The van der Waals surface area contributed by atoms with E-state index in [0.29, 0.717) is 3.57 Å². The van der Waals surface area contributed by atoms with Gasteiger partial charge in [-0.15, -0.1) is 0 Å². The maximum absolute atomic E-state index is 12.7. The van der Waals surface area contributed by atoms with Crippen LogP contribution in [0.3, 0.4) is 0 Å². The first-order valence-electron chi connectivity index (χ1n) is 5.50. The first-order valence-corrected chi connectivity index (χ1v) is 8.19. The molecule has 0 fully saturated rings. The average Bonchev–Trinajstić information content (AvgIpc) is 2.35. The van der Waals surface area contributed by atoms with E-state index >= 15 is 0 Å². The van der Waals surface area contributed by atoms with Gasteiger partial charge in [0.05, 0.1) is 16.2 Å². The van der Waals surface area contributed by atoms with E-state index in [0.717, 1.165) is 6.07 Å². The summed E-state index contributed by atoms with van der Waals surface area (Å²) in [5.74, 6) is -2.92. The van der Waals surface area contributed by atoms with Crippen LogP contribution < -0.4 is 4.74 Å². The summed E-state index contributed by atoms with van der Waals surface area (Å²) in [6, 6.07) is 3.78. The van der Waals surface area contributed by atoms with Gasteiger partial charge in [0.2, 0.25) is 6.10 Å². The summed E-state index contributed by atoms with van der Waals surface area (Å²) >= 11 is 1.89. The van der Waals surface area contributed by atoms with Crippen molar-refractivity contribution in [1.82, 2.24) is 0 Å². The Morgan fingerprint density at radius 2 is 2.00 bits per heavy atom. The Labute approximate surface area is 137 Å². The molecule has 6 nitrogen and oxygen atoms in total. The molecule has 1 aromatic carbocycles. The van der Waals surface area contributed by atoms with Crippen LogP contribution in [0.25, 0.3) is 0 Å². The minimum absolute atomic E-state index is 0.244. The van der Waals surface area contributed by atoms with E-state index in [1.807, 2.05) is 22.6 Å². The normalized spacial score (nSPS) is 13.5. The van der Waals surface area contributed by atoms with Crippen molar-refractivity contribution in [2.75, 3.05) is 12.9 Å². The standard InChI is InChI=1S/C11H10F3IO6S/c1-20-8-4-6(2-3-7(8)15)10(16)21-9(11(12,13)14)5-22(17,18)19/h2-4,9H,5H2,1H3,(H,17,18,19). The Balaban J connectivity index is 3.01. The van der Waals surface area contributed by atoms with Gasteiger partial charge in [0.15, 0.2) is 0 Å². The van der Waals surface area contributed by atoms with Crippen LogP contribution in [0.1, 0.15) is 10.4 Å². The summed E-state index contributed by atoms with van der Waals surface area (Å²) in [6.07, 6.45) is -8.11. The molecule has 0 saturated heterocycles. The fraction of sp³-hybridized carbons (Fsp3) is 0.364. The molecule has 1 aromatic rings. The number of methoxy groups -OCH3 is 1. The van der Waals surface area contributed by atoms with E-state index in [1.165, 1.54) is 19.2 Å². The lowest BCUT2D eigenvalue weighted by molar-refractivity contribution is -0.197. The highest BCUT2D eigenvalue weighted by atomic mass is 127. The molecule has 0 aromatic heterocycles. The molecule has 11 heteroatoms. The first-order chi connectivity index (χ1) is 9.94. The Morgan fingerprint density at radius 3 is 2.45 bits per heavy atom. The number of carbonyl (C=O) groups excluding carboxylic acids is 1. The third kappa shape index (κ3) is 5.61. The van der Waals surface area contributed by atoms with Crippen molar-refractivity contribution in [2.45, 2.75) is 12.3 Å². The lowest BCUT2D eigenvalue weighted by Gasteiger charge is -2.19. The molecule has 0 aliphatic carbocycles. The number of halogens is 4. The summed E-state index contributed by atoms with van der Waals surface area (Å²) in [7, 11) is -3.67. The highest BCUT2D eigenvalue weighted by molar-refractivity contribution is 14.1. The fourth-order valence-corrected chi connectivity index (χ4v) is 2.57. The van der Waals surface area contributed by atoms with Gasteiger partial charge in [-0.2, -0.15) is 21.6 Å². The largest absolute Gasteiger partial charge is 0.496 e. The predicted octanol–water partition coefficient (Wildman–Crippen LogP) is 2.28. The number of benzene rings is 1.